The number of thioether (sulfide) groups is 1. The van der Waals surface area contributed by atoms with Gasteiger partial charge in [-0.1, -0.05) is 6.92 Å². The quantitative estimate of drug-likeness (QED) is 0.569. The van der Waals surface area contributed by atoms with Gasteiger partial charge in [-0.3, -0.25) is 4.79 Å². The van der Waals surface area contributed by atoms with Crippen LogP contribution in [-0.2, 0) is 4.79 Å². The lowest BCUT2D eigenvalue weighted by Crippen LogP contribution is -2.12. The van der Waals surface area contributed by atoms with Gasteiger partial charge >= 0.3 is 5.97 Å². The molecule has 1 aliphatic carbocycles. The number of halogens is 2. The summed E-state index contributed by atoms with van der Waals surface area (Å²) < 4.78 is 35.3. The third-order valence-corrected chi connectivity index (χ3v) is 6.01. The van der Waals surface area contributed by atoms with Gasteiger partial charge in [0, 0.05) is 23.4 Å². The molecule has 1 aliphatic rings. The van der Waals surface area contributed by atoms with E-state index in [2.05, 4.69) is 4.98 Å². The highest BCUT2D eigenvalue weighted by molar-refractivity contribution is 8.00. The van der Waals surface area contributed by atoms with Crippen LogP contribution >= 0.6 is 11.8 Å². The number of rotatable bonds is 8. The molecule has 1 atom stereocenters. The van der Waals surface area contributed by atoms with Gasteiger partial charge in [0.2, 0.25) is 5.88 Å². The van der Waals surface area contributed by atoms with E-state index >= 15 is 0 Å². The van der Waals surface area contributed by atoms with Crippen molar-refractivity contribution in [3.05, 3.63) is 42.1 Å². The van der Waals surface area contributed by atoms with Crippen LogP contribution < -0.4 is 4.74 Å². The number of carboxylic acid groups (broad SMARTS) is 1. The first kappa shape index (κ1) is 20.6. The van der Waals surface area contributed by atoms with Crippen molar-refractivity contribution in [3.63, 3.8) is 0 Å². The van der Waals surface area contributed by atoms with Gasteiger partial charge in [0.25, 0.3) is 0 Å². The van der Waals surface area contributed by atoms with Gasteiger partial charge < -0.3 is 9.84 Å². The number of aromatic nitrogens is 1. The standard InChI is InChI=1S/C21H23F2NO3S/c1-13(8-9-19(25)26)28-20-17(22)11-14(12-18(20)23)16-7-4-10-24-21(16)27-15-5-2-3-6-15/h4,7,10-13,15H,2-3,5-6,8-9H2,1H3,(H,25,26). The molecule has 1 fully saturated rings. The zero-order valence-corrected chi connectivity index (χ0v) is 16.5. The first-order valence-electron chi connectivity index (χ1n) is 9.43. The van der Waals surface area contributed by atoms with Crippen LogP contribution in [0.3, 0.4) is 0 Å². The number of ether oxygens (including phenoxy) is 1. The molecule has 1 saturated carbocycles. The lowest BCUT2D eigenvalue weighted by molar-refractivity contribution is -0.137. The minimum Gasteiger partial charge on any atom is -0.481 e. The molecule has 0 amide bonds. The summed E-state index contributed by atoms with van der Waals surface area (Å²) in [5.41, 5.74) is 0.932. The van der Waals surface area contributed by atoms with E-state index in [-0.39, 0.29) is 22.7 Å². The molecule has 0 spiro atoms. The van der Waals surface area contributed by atoms with Crippen molar-refractivity contribution in [1.82, 2.24) is 4.98 Å². The minimum atomic E-state index is -0.921. The number of nitrogens with zero attached hydrogens (tertiary/aromatic N) is 1. The molecule has 0 bridgehead atoms. The average molecular weight is 407 g/mol. The maximum atomic E-state index is 14.7. The summed E-state index contributed by atoms with van der Waals surface area (Å²) >= 11 is 1.01. The zero-order chi connectivity index (χ0) is 20.1. The van der Waals surface area contributed by atoms with Gasteiger partial charge in [-0.05, 0) is 61.9 Å². The van der Waals surface area contributed by atoms with Crippen molar-refractivity contribution in [2.24, 2.45) is 0 Å². The van der Waals surface area contributed by atoms with Crippen LogP contribution in [0.2, 0.25) is 0 Å². The van der Waals surface area contributed by atoms with E-state index in [4.69, 9.17) is 9.84 Å². The molecule has 1 unspecified atom stereocenters. The third kappa shape index (κ3) is 5.22. The van der Waals surface area contributed by atoms with Gasteiger partial charge in [0.05, 0.1) is 4.90 Å². The van der Waals surface area contributed by atoms with E-state index in [0.717, 1.165) is 37.4 Å². The minimum absolute atomic E-state index is 0.0347. The van der Waals surface area contributed by atoms with E-state index < -0.39 is 17.6 Å². The summed E-state index contributed by atoms with van der Waals surface area (Å²) in [4.78, 5) is 14.8. The molecule has 4 nitrogen and oxygen atoms in total. The highest BCUT2D eigenvalue weighted by Crippen LogP contribution is 2.37. The number of hydrogen-bond donors (Lipinski definition) is 1. The number of hydrogen-bond acceptors (Lipinski definition) is 4. The molecule has 1 aromatic carbocycles. The monoisotopic (exact) mass is 407 g/mol. The molecular formula is C21H23F2NO3S. The van der Waals surface area contributed by atoms with Crippen LogP contribution in [0.4, 0.5) is 8.78 Å². The van der Waals surface area contributed by atoms with Gasteiger partial charge in [0.15, 0.2) is 0 Å². The summed E-state index contributed by atoms with van der Waals surface area (Å²) in [7, 11) is 0. The fourth-order valence-electron chi connectivity index (χ4n) is 3.28. The number of aliphatic carboxylic acids is 1. The van der Waals surface area contributed by atoms with Crippen molar-refractivity contribution < 1.29 is 23.4 Å². The van der Waals surface area contributed by atoms with Crippen LogP contribution in [0.1, 0.15) is 45.4 Å². The SMILES string of the molecule is CC(CCC(=O)O)Sc1c(F)cc(-c2cccnc2OC2CCCC2)cc1F. The Morgan fingerprint density at radius 2 is 2.00 bits per heavy atom. The van der Waals surface area contributed by atoms with Crippen LogP contribution in [-0.4, -0.2) is 27.4 Å². The highest BCUT2D eigenvalue weighted by atomic mass is 32.2. The molecule has 28 heavy (non-hydrogen) atoms. The Balaban J connectivity index is 1.81. The van der Waals surface area contributed by atoms with Crippen molar-refractivity contribution >= 4 is 17.7 Å². The predicted octanol–water partition coefficient (Wildman–Crippen LogP) is 5.69. The summed E-state index contributed by atoms with van der Waals surface area (Å²) in [5.74, 6) is -1.87. The molecule has 1 aromatic heterocycles. The fourth-order valence-corrected chi connectivity index (χ4v) is 4.26. The third-order valence-electron chi connectivity index (χ3n) is 4.74. The van der Waals surface area contributed by atoms with Crippen molar-refractivity contribution in [2.45, 2.75) is 61.7 Å². The van der Waals surface area contributed by atoms with Crippen molar-refractivity contribution in [3.8, 4) is 17.0 Å². The lowest BCUT2D eigenvalue weighted by Gasteiger charge is -2.16. The first-order valence-corrected chi connectivity index (χ1v) is 10.3. The zero-order valence-electron chi connectivity index (χ0n) is 15.7. The number of carbonyl (C=O) groups is 1. The van der Waals surface area contributed by atoms with E-state index in [1.165, 1.54) is 12.1 Å². The van der Waals surface area contributed by atoms with E-state index in [1.54, 1.807) is 25.3 Å². The molecule has 150 valence electrons. The summed E-state index contributed by atoms with van der Waals surface area (Å²) in [6.45, 7) is 1.76. The Labute approximate surface area is 167 Å². The van der Waals surface area contributed by atoms with Gasteiger partial charge in [0.1, 0.15) is 17.7 Å². The van der Waals surface area contributed by atoms with Gasteiger partial charge in [-0.15, -0.1) is 11.8 Å². The Kier molecular flexibility index (Phi) is 6.88. The van der Waals surface area contributed by atoms with E-state index in [1.807, 2.05) is 0 Å². The Bertz CT molecular complexity index is 817. The second-order valence-corrected chi connectivity index (χ2v) is 8.46. The second kappa shape index (κ2) is 9.37. The highest BCUT2D eigenvalue weighted by Gasteiger charge is 2.21. The molecule has 0 radical (unpaired) electrons. The maximum Gasteiger partial charge on any atom is 0.303 e. The van der Waals surface area contributed by atoms with Crippen molar-refractivity contribution in [1.29, 1.82) is 0 Å². The fraction of sp³-hybridized carbons (Fsp3) is 0.429. The number of pyridine rings is 1. The molecule has 2 aromatic rings. The Hall–Kier alpha value is -2.15. The first-order chi connectivity index (χ1) is 13.4. The van der Waals surface area contributed by atoms with Gasteiger partial charge in [-0.2, -0.15) is 0 Å². The molecule has 1 heterocycles. The Morgan fingerprint density at radius 1 is 1.32 bits per heavy atom. The Morgan fingerprint density at radius 3 is 2.64 bits per heavy atom. The van der Waals surface area contributed by atoms with Crippen LogP contribution in [0.15, 0.2) is 35.4 Å². The molecule has 3 rings (SSSR count). The van der Waals surface area contributed by atoms with E-state index in [0.29, 0.717) is 23.4 Å². The second-order valence-electron chi connectivity index (χ2n) is 7.01. The lowest BCUT2D eigenvalue weighted by atomic mass is 10.1. The summed E-state index contributed by atoms with van der Waals surface area (Å²) in [5, 5.41) is 8.54. The normalized spacial score (nSPS) is 15.5. The molecular weight excluding hydrogens is 384 g/mol. The van der Waals surface area contributed by atoms with Crippen LogP contribution in [0, 0.1) is 11.6 Å². The molecule has 7 heteroatoms. The maximum absolute atomic E-state index is 14.7. The van der Waals surface area contributed by atoms with Crippen LogP contribution in [0.5, 0.6) is 5.88 Å². The summed E-state index contributed by atoms with van der Waals surface area (Å²) in [6.07, 6.45) is 6.15. The smallest absolute Gasteiger partial charge is 0.303 e. The van der Waals surface area contributed by atoms with Gasteiger partial charge in [-0.25, -0.2) is 13.8 Å². The topological polar surface area (TPSA) is 59.4 Å². The molecule has 0 aliphatic heterocycles. The van der Waals surface area contributed by atoms with E-state index in [9.17, 15) is 13.6 Å². The summed E-state index contributed by atoms with van der Waals surface area (Å²) in [6, 6.07) is 6.03. The largest absolute Gasteiger partial charge is 0.481 e. The molecule has 1 N–H and O–H groups in total. The predicted molar refractivity (Wildman–Crippen MR) is 105 cm³/mol. The van der Waals surface area contributed by atoms with Crippen LogP contribution in [0.25, 0.3) is 11.1 Å². The van der Waals surface area contributed by atoms with Crippen molar-refractivity contribution in [2.75, 3.05) is 0 Å². The number of carboxylic acids is 1. The molecule has 0 saturated heterocycles. The number of benzene rings is 1. The average Bonchev–Trinajstić information content (AvgIpc) is 3.16.